The zero-order valence-corrected chi connectivity index (χ0v) is 24.0. The average Bonchev–Trinajstić information content (AvgIpc) is 3.85. The molecule has 1 saturated carbocycles. The van der Waals surface area contributed by atoms with Gasteiger partial charge in [-0.3, -0.25) is 4.90 Å². The number of piperazine rings is 1. The molecule has 210 valence electrons. The molecule has 6 rings (SSSR count). The molecule has 2 N–H and O–H groups in total. The largest absolute Gasteiger partial charge is 0.412 e. The molecule has 0 amide bonds. The summed E-state index contributed by atoms with van der Waals surface area (Å²) in [6.07, 6.45) is 5.47. The Morgan fingerprint density at radius 2 is 1.25 bits per heavy atom. The molecule has 3 aromatic carbocycles. The highest BCUT2D eigenvalue weighted by molar-refractivity contribution is 5.85. The highest BCUT2D eigenvalue weighted by Crippen LogP contribution is 2.42. The van der Waals surface area contributed by atoms with Gasteiger partial charge >= 0.3 is 0 Å². The van der Waals surface area contributed by atoms with E-state index in [-0.39, 0.29) is 23.3 Å². The maximum atomic E-state index is 4.91. The molecular formula is C33H40ClN5O. The molecule has 1 aliphatic carbocycles. The van der Waals surface area contributed by atoms with E-state index in [1.807, 2.05) is 12.3 Å². The number of aromatic nitrogens is 2. The van der Waals surface area contributed by atoms with E-state index in [0.717, 1.165) is 50.9 Å². The Morgan fingerprint density at radius 1 is 0.750 bits per heavy atom. The van der Waals surface area contributed by atoms with Crippen LogP contribution in [0, 0.1) is 0 Å². The number of hydrogen-bond acceptors (Lipinski definition) is 5. The van der Waals surface area contributed by atoms with Crippen molar-refractivity contribution in [3.8, 4) is 0 Å². The summed E-state index contributed by atoms with van der Waals surface area (Å²) in [7, 11) is 2.15. The van der Waals surface area contributed by atoms with Crippen LogP contribution in [0.2, 0.25) is 0 Å². The summed E-state index contributed by atoms with van der Waals surface area (Å²) in [5.41, 5.74) is 3.84. The van der Waals surface area contributed by atoms with Crippen molar-refractivity contribution < 1.29 is 5.48 Å². The molecule has 1 saturated heterocycles. The third-order valence-corrected chi connectivity index (χ3v) is 8.34. The van der Waals surface area contributed by atoms with Crippen molar-refractivity contribution in [2.45, 2.75) is 30.7 Å². The van der Waals surface area contributed by atoms with Crippen LogP contribution in [0.5, 0.6) is 0 Å². The molecule has 6 nitrogen and oxygen atoms in total. The van der Waals surface area contributed by atoms with E-state index in [9.17, 15) is 0 Å². The third-order valence-electron chi connectivity index (χ3n) is 8.34. The normalized spacial score (nSPS) is 15.6. The summed E-state index contributed by atoms with van der Waals surface area (Å²) < 4.78 is 0. The molecule has 40 heavy (non-hydrogen) atoms. The van der Waals surface area contributed by atoms with Crippen molar-refractivity contribution in [3.05, 3.63) is 120 Å². The quantitative estimate of drug-likeness (QED) is 0.264. The minimum Gasteiger partial charge on any atom is -0.412 e. The minimum atomic E-state index is -0.203. The van der Waals surface area contributed by atoms with E-state index in [1.165, 1.54) is 29.5 Å². The molecule has 1 aromatic heterocycles. The van der Waals surface area contributed by atoms with E-state index >= 15 is 0 Å². The summed E-state index contributed by atoms with van der Waals surface area (Å²) in [5.74, 6) is 1.90. The van der Waals surface area contributed by atoms with Gasteiger partial charge in [0, 0.05) is 50.9 Å². The lowest BCUT2D eigenvalue weighted by atomic mass is 9.67. The van der Waals surface area contributed by atoms with Gasteiger partial charge in [0.15, 0.2) is 0 Å². The SMILES string of the molecule is CN(c1ccnc(N2CCN(CCC(c3ccccc3)(c3ccccc3)c3ccccc3)CC2)n1)C1CC1.Cl.O. The van der Waals surface area contributed by atoms with Crippen LogP contribution in [-0.4, -0.2) is 66.2 Å². The molecule has 0 radical (unpaired) electrons. The van der Waals surface area contributed by atoms with Gasteiger partial charge in [0.25, 0.3) is 0 Å². The van der Waals surface area contributed by atoms with Crippen LogP contribution >= 0.6 is 12.4 Å². The lowest BCUT2D eigenvalue weighted by molar-refractivity contribution is 0.241. The van der Waals surface area contributed by atoms with Crippen LogP contribution in [0.3, 0.4) is 0 Å². The topological polar surface area (TPSA) is 67.0 Å². The van der Waals surface area contributed by atoms with Gasteiger partial charge in [0.2, 0.25) is 5.95 Å². The van der Waals surface area contributed by atoms with Gasteiger partial charge in [-0.15, -0.1) is 12.4 Å². The number of halogens is 1. The smallest absolute Gasteiger partial charge is 0.227 e. The number of rotatable bonds is 9. The monoisotopic (exact) mass is 557 g/mol. The van der Waals surface area contributed by atoms with Crippen molar-refractivity contribution in [3.63, 3.8) is 0 Å². The molecule has 7 heteroatoms. The zero-order chi connectivity index (χ0) is 25.8. The van der Waals surface area contributed by atoms with E-state index < -0.39 is 0 Å². The van der Waals surface area contributed by atoms with Crippen LogP contribution in [0.25, 0.3) is 0 Å². The fourth-order valence-corrected chi connectivity index (χ4v) is 5.94. The second-order valence-corrected chi connectivity index (χ2v) is 10.6. The van der Waals surface area contributed by atoms with E-state index in [0.29, 0.717) is 6.04 Å². The molecule has 0 unspecified atom stereocenters. The fraction of sp³-hybridized carbons (Fsp3) is 0.333. The van der Waals surface area contributed by atoms with Crippen LogP contribution in [-0.2, 0) is 5.41 Å². The third kappa shape index (κ3) is 6.15. The first kappa shape index (κ1) is 29.5. The van der Waals surface area contributed by atoms with Crippen molar-refractivity contribution in [1.29, 1.82) is 0 Å². The Bertz CT molecular complexity index is 1220. The van der Waals surface area contributed by atoms with Gasteiger partial charge in [-0.1, -0.05) is 91.0 Å². The highest BCUT2D eigenvalue weighted by atomic mass is 35.5. The molecule has 0 atom stereocenters. The summed E-state index contributed by atoms with van der Waals surface area (Å²) in [6.45, 7) is 4.95. The fourth-order valence-electron chi connectivity index (χ4n) is 5.94. The summed E-state index contributed by atoms with van der Waals surface area (Å²) in [5, 5.41) is 0. The van der Waals surface area contributed by atoms with Crippen LogP contribution in [0.15, 0.2) is 103 Å². The van der Waals surface area contributed by atoms with E-state index in [4.69, 9.17) is 4.98 Å². The number of hydrogen-bond donors (Lipinski definition) is 0. The van der Waals surface area contributed by atoms with E-state index in [2.05, 4.69) is 118 Å². The number of nitrogens with zero attached hydrogens (tertiary/aromatic N) is 5. The Hall–Kier alpha value is -3.45. The molecule has 2 fully saturated rings. The molecule has 0 bridgehead atoms. The lowest BCUT2D eigenvalue weighted by Gasteiger charge is -2.40. The Morgan fingerprint density at radius 3 is 1.73 bits per heavy atom. The van der Waals surface area contributed by atoms with Gasteiger partial charge in [-0.05, 0) is 48.6 Å². The first-order valence-corrected chi connectivity index (χ1v) is 13.9. The second kappa shape index (κ2) is 13.3. The van der Waals surface area contributed by atoms with Gasteiger partial charge in [-0.2, -0.15) is 4.98 Å². The molecule has 2 aliphatic rings. The molecular weight excluding hydrogens is 518 g/mol. The summed E-state index contributed by atoms with van der Waals surface area (Å²) in [4.78, 5) is 16.8. The predicted octanol–water partition coefficient (Wildman–Crippen LogP) is 5.22. The first-order valence-electron chi connectivity index (χ1n) is 13.9. The Labute approximate surface area is 244 Å². The second-order valence-electron chi connectivity index (χ2n) is 10.6. The number of anilines is 2. The molecule has 4 aromatic rings. The minimum absolute atomic E-state index is 0. The Balaban J connectivity index is 0.00000185. The van der Waals surface area contributed by atoms with Gasteiger partial charge in [-0.25, -0.2) is 4.98 Å². The van der Waals surface area contributed by atoms with Crippen LogP contribution in [0.4, 0.5) is 11.8 Å². The summed E-state index contributed by atoms with van der Waals surface area (Å²) >= 11 is 0. The van der Waals surface area contributed by atoms with Crippen molar-refractivity contribution in [2.24, 2.45) is 0 Å². The van der Waals surface area contributed by atoms with Crippen LogP contribution in [0.1, 0.15) is 36.0 Å². The van der Waals surface area contributed by atoms with E-state index in [1.54, 1.807) is 0 Å². The van der Waals surface area contributed by atoms with Crippen molar-refractivity contribution in [2.75, 3.05) is 49.6 Å². The molecule has 2 heterocycles. The standard InChI is InChI=1S/C33H37N5.ClH.H2O/c1-36(30-17-18-30)31-19-21-34-32(35-31)38-25-23-37(24-26-38)22-20-33(27-11-5-2-6-12-27,28-13-7-3-8-14-28)29-15-9-4-10-16-29;;/h2-16,19,21,30H,17-18,20,22-26H2,1H3;1H;1H2. The maximum Gasteiger partial charge on any atom is 0.227 e. The van der Waals surface area contributed by atoms with Crippen LogP contribution < -0.4 is 9.80 Å². The molecule has 0 spiro atoms. The molecule has 1 aliphatic heterocycles. The Kier molecular flexibility index (Phi) is 9.80. The van der Waals surface area contributed by atoms with Gasteiger partial charge < -0.3 is 15.3 Å². The summed E-state index contributed by atoms with van der Waals surface area (Å²) in [6, 6.07) is 35.8. The first-order chi connectivity index (χ1) is 18.7. The average molecular weight is 558 g/mol. The van der Waals surface area contributed by atoms with Crippen molar-refractivity contribution >= 4 is 24.2 Å². The zero-order valence-electron chi connectivity index (χ0n) is 23.2. The lowest BCUT2D eigenvalue weighted by Crippen LogP contribution is -2.48. The predicted molar refractivity (Wildman–Crippen MR) is 167 cm³/mol. The highest BCUT2D eigenvalue weighted by Gasteiger charge is 2.36. The van der Waals surface area contributed by atoms with Crippen molar-refractivity contribution in [1.82, 2.24) is 14.9 Å². The number of benzene rings is 3. The van der Waals surface area contributed by atoms with Gasteiger partial charge in [0.05, 0.1) is 0 Å². The maximum absolute atomic E-state index is 4.91. The van der Waals surface area contributed by atoms with Gasteiger partial charge in [0.1, 0.15) is 5.82 Å².